The molecule has 1 saturated heterocycles. The molecule has 0 radical (unpaired) electrons. The molecule has 1 aliphatic rings. The number of H-pyrrole nitrogens is 1. The van der Waals surface area contributed by atoms with Crippen LogP contribution in [0.1, 0.15) is 18.4 Å². The molecule has 0 aliphatic carbocycles. The van der Waals surface area contributed by atoms with E-state index in [0.717, 1.165) is 11.1 Å². The van der Waals surface area contributed by atoms with E-state index in [1.165, 1.54) is 6.20 Å². The van der Waals surface area contributed by atoms with E-state index in [-0.39, 0.29) is 23.3 Å². The Morgan fingerprint density at radius 1 is 1.36 bits per heavy atom. The number of rotatable bonds is 1. The fraction of sp³-hybridized carbons (Fsp3) is 0.375. The summed E-state index contributed by atoms with van der Waals surface area (Å²) in [6, 6.07) is 5.28. The summed E-state index contributed by atoms with van der Waals surface area (Å²) < 4.78 is 0. The van der Waals surface area contributed by atoms with E-state index in [1.807, 2.05) is 19.1 Å². The third kappa shape index (κ3) is 2.82. The van der Waals surface area contributed by atoms with E-state index in [4.69, 9.17) is 0 Å². The van der Waals surface area contributed by atoms with Crippen LogP contribution in [0.5, 0.6) is 0 Å². The number of hydrogen-bond acceptors (Lipinski definition) is 3. The van der Waals surface area contributed by atoms with Gasteiger partial charge in [-0.15, -0.1) is 0 Å². The van der Waals surface area contributed by atoms with Crippen LogP contribution in [0.25, 0.3) is 10.9 Å². The molecule has 6 nitrogen and oxygen atoms in total. The van der Waals surface area contributed by atoms with E-state index < -0.39 is 0 Å². The number of aliphatic hydroxyl groups excluding tert-OH is 1. The van der Waals surface area contributed by atoms with E-state index in [9.17, 15) is 14.7 Å². The van der Waals surface area contributed by atoms with Gasteiger partial charge in [-0.2, -0.15) is 0 Å². The number of pyridine rings is 1. The van der Waals surface area contributed by atoms with Crippen molar-refractivity contribution >= 4 is 22.6 Å². The van der Waals surface area contributed by atoms with Crippen LogP contribution in [-0.4, -0.2) is 40.2 Å². The Balaban J connectivity index is 1.83. The number of benzene rings is 1. The Bertz CT molecular complexity index is 761. The van der Waals surface area contributed by atoms with Gasteiger partial charge >= 0.3 is 6.03 Å². The van der Waals surface area contributed by atoms with Gasteiger partial charge in [0.25, 0.3) is 0 Å². The van der Waals surface area contributed by atoms with E-state index in [0.29, 0.717) is 31.3 Å². The number of hydrogen-bond donors (Lipinski definition) is 3. The average Bonchev–Trinajstić information content (AvgIpc) is 2.51. The topological polar surface area (TPSA) is 85.4 Å². The quantitative estimate of drug-likeness (QED) is 0.751. The van der Waals surface area contributed by atoms with Crippen LogP contribution in [-0.2, 0) is 0 Å². The number of amides is 2. The number of aromatic amines is 1. The maximum atomic E-state index is 12.5. The molecule has 116 valence electrons. The number of aliphatic hydroxyl groups is 1. The third-order valence-electron chi connectivity index (χ3n) is 4.03. The summed E-state index contributed by atoms with van der Waals surface area (Å²) in [7, 11) is 0. The number of aryl methyl sites for hydroxylation is 1. The molecule has 0 saturated carbocycles. The fourth-order valence-corrected chi connectivity index (χ4v) is 2.69. The van der Waals surface area contributed by atoms with Crippen molar-refractivity contribution in [3.63, 3.8) is 0 Å². The van der Waals surface area contributed by atoms with Crippen molar-refractivity contribution in [2.45, 2.75) is 25.9 Å². The maximum absolute atomic E-state index is 12.5. The Labute approximate surface area is 127 Å². The molecule has 3 N–H and O–H groups in total. The van der Waals surface area contributed by atoms with Crippen molar-refractivity contribution in [2.24, 2.45) is 0 Å². The van der Waals surface area contributed by atoms with Crippen LogP contribution in [0.3, 0.4) is 0 Å². The predicted molar refractivity (Wildman–Crippen MR) is 85.1 cm³/mol. The normalized spacial score (nSPS) is 16.0. The van der Waals surface area contributed by atoms with Gasteiger partial charge in [-0.25, -0.2) is 4.79 Å². The molecule has 0 bridgehead atoms. The molecule has 22 heavy (non-hydrogen) atoms. The molecule has 2 amide bonds. The molecule has 0 spiro atoms. The second kappa shape index (κ2) is 5.81. The summed E-state index contributed by atoms with van der Waals surface area (Å²) in [4.78, 5) is 29.3. The monoisotopic (exact) mass is 301 g/mol. The molecule has 2 heterocycles. The van der Waals surface area contributed by atoms with Gasteiger partial charge in [-0.3, -0.25) is 4.79 Å². The number of nitrogens with one attached hydrogen (secondary N) is 2. The molecular formula is C16H19N3O3. The first-order valence-electron chi connectivity index (χ1n) is 7.40. The van der Waals surface area contributed by atoms with E-state index in [2.05, 4.69) is 10.3 Å². The lowest BCUT2D eigenvalue weighted by molar-refractivity contribution is 0.0972. The number of anilines is 1. The molecule has 1 aromatic carbocycles. The van der Waals surface area contributed by atoms with Gasteiger partial charge in [0.15, 0.2) is 0 Å². The number of likely N-dealkylation sites (tertiary alicyclic amines) is 1. The molecule has 6 heteroatoms. The summed E-state index contributed by atoms with van der Waals surface area (Å²) in [5.74, 6) is 0. The lowest BCUT2D eigenvalue weighted by Gasteiger charge is -2.29. The standard InChI is InChI=1S/C16H19N3O3/c1-10-2-3-13-12(8-10)15(21)14(9-17-13)18-16(22)19-6-4-11(20)5-7-19/h2-3,8-9,11,20H,4-7H2,1H3,(H,17,21)(H,18,22). The van der Waals surface area contributed by atoms with Crippen molar-refractivity contribution < 1.29 is 9.90 Å². The van der Waals surface area contributed by atoms with Gasteiger partial charge in [0.2, 0.25) is 5.43 Å². The zero-order valence-corrected chi connectivity index (χ0v) is 12.4. The van der Waals surface area contributed by atoms with Crippen LogP contribution in [0.4, 0.5) is 10.5 Å². The van der Waals surface area contributed by atoms with Gasteiger partial charge in [-0.1, -0.05) is 11.6 Å². The number of piperidine rings is 1. The maximum Gasteiger partial charge on any atom is 0.321 e. The Morgan fingerprint density at radius 3 is 2.82 bits per heavy atom. The van der Waals surface area contributed by atoms with Gasteiger partial charge in [0, 0.05) is 30.2 Å². The lowest BCUT2D eigenvalue weighted by atomic mass is 10.1. The minimum absolute atomic E-state index is 0.192. The Hall–Kier alpha value is -2.34. The molecule has 1 aliphatic heterocycles. The highest BCUT2D eigenvalue weighted by Crippen LogP contribution is 2.14. The van der Waals surface area contributed by atoms with Gasteiger partial charge < -0.3 is 20.3 Å². The molecular weight excluding hydrogens is 282 g/mol. The minimum Gasteiger partial charge on any atom is -0.393 e. The Kier molecular flexibility index (Phi) is 3.85. The number of nitrogens with zero attached hydrogens (tertiary/aromatic N) is 1. The highest BCUT2D eigenvalue weighted by Gasteiger charge is 2.22. The summed E-state index contributed by atoms with van der Waals surface area (Å²) in [5.41, 5.74) is 1.79. The molecule has 0 unspecified atom stereocenters. The number of aromatic nitrogens is 1. The van der Waals surface area contributed by atoms with Crippen molar-refractivity contribution in [1.29, 1.82) is 0 Å². The van der Waals surface area contributed by atoms with Gasteiger partial charge in [0.05, 0.1) is 6.10 Å². The minimum atomic E-state index is -0.337. The lowest BCUT2D eigenvalue weighted by Crippen LogP contribution is -2.42. The molecule has 2 aromatic rings. The first kappa shape index (κ1) is 14.6. The van der Waals surface area contributed by atoms with Crippen LogP contribution in [0.2, 0.25) is 0 Å². The van der Waals surface area contributed by atoms with Crippen LogP contribution in [0, 0.1) is 6.92 Å². The number of fused-ring (bicyclic) bond motifs is 1. The average molecular weight is 301 g/mol. The van der Waals surface area contributed by atoms with Crippen molar-refractivity contribution in [3.8, 4) is 0 Å². The van der Waals surface area contributed by atoms with Crippen LogP contribution < -0.4 is 10.7 Å². The zero-order chi connectivity index (χ0) is 15.7. The van der Waals surface area contributed by atoms with E-state index in [1.54, 1.807) is 11.0 Å². The van der Waals surface area contributed by atoms with Gasteiger partial charge in [0.1, 0.15) is 5.69 Å². The first-order valence-corrected chi connectivity index (χ1v) is 7.40. The highest BCUT2D eigenvalue weighted by molar-refractivity contribution is 5.92. The smallest absolute Gasteiger partial charge is 0.321 e. The third-order valence-corrected chi connectivity index (χ3v) is 4.03. The highest BCUT2D eigenvalue weighted by atomic mass is 16.3. The molecule has 3 rings (SSSR count). The second-order valence-corrected chi connectivity index (χ2v) is 5.73. The largest absolute Gasteiger partial charge is 0.393 e. The first-order chi connectivity index (χ1) is 10.5. The zero-order valence-electron chi connectivity index (χ0n) is 12.4. The molecule has 1 aromatic heterocycles. The van der Waals surface area contributed by atoms with Crippen LogP contribution >= 0.6 is 0 Å². The number of carbonyl (C=O) groups is 1. The van der Waals surface area contributed by atoms with Gasteiger partial charge in [-0.05, 0) is 31.9 Å². The summed E-state index contributed by atoms with van der Waals surface area (Å²) in [5, 5.41) is 12.7. The SMILES string of the molecule is Cc1ccc2[nH]cc(NC(=O)N3CCC(O)CC3)c(=O)c2c1. The summed E-state index contributed by atoms with van der Waals surface area (Å²) in [6.45, 7) is 2.92. The second-order valence-electron chi connectivity index (χ2n) is 5.73. The molecule has 0 atom stereocenters. The molecule has 1 fully saturated rings. The fourth-order valence-electron chi connectivity index (χ4n) is 2.69. The number of urea groups is 1. The van der Waals surface area contributed by atoms with Crippen LogP contribution in [0.15, 0.2) is 29.2 Å². The summed E-state index contributed by atoms with van der Waals surface area (Å²) >= 11 is 0. The number of carbonyl (C=O) groups excluding carboxylic acids is 1. The Morgan fingerprint density at radius 2 is 2.09 bits per heavy atom. The van der Waals surface area contributed by atoms with E-state index >= 15 is 0 Å². The summed E-state index contributed by atoms with van der Waals surface area (Å²) in [6.07, 6.45) is 2.33. The van der Waals surface area contributed by atoms with Crippen molar-refractivity contribution in [3.05, 3.63) is 40.2 Å². The van der Waals surface area contributed by atoms with Crippen molar-refractivity contribution in [2.75, 3.05) is 18.4 Å². The van der Waals surface area contributed by atoms with Crippen molar-refractivity contribution in [1.82, 2.24) is 9.88 Å². The predicted octanol–water partition coefficient (Wildman–Crippen LogP) is 1.83.